The van der Waals surface area contributed by atoms with Gasteiger partial charge in [0.25, 0.3) is 5.91 Å². The number of para-hydroxylation sites is 1. The normalized spacial score (nSPS) is 17.1. The van der Waals surface area contributed by atoms with Crippen LogP contribution in [-0.2, 0) is 4.74 Å². The van der Waals surface area contributed by atoms with E-state index in [2.05, 4.69) is 4.98 Å². The summed E-state index contributed by atoms with van der Waals surface area (Å²) in [6, 6.07) is 14.9. The Bertz CT molecular complexity index is 872. The Morgan fingerprint density at radius 3 is 2.92 bits per heavy atom. The zero-order valence-electron chi connectivity index (χ0n) is 13.5. The third-order valence-electron chi connectivity index (χ3n) is 4.24. The standard InChI is InChI=1S/C19H17ClN2O2S/c20-14-6-3-5-13(11-14)18(23)22(12-15-7-4-10-24-15)19-21-16-8-1-2-9-17(16)25-19/h1-3,5-6,8-9,11,15H,4,7,10,12H2. The molecule has 1 aliphatic rings. The van der Waals surface area contributed by atoms with Crippen molar-refractivity contribution in [1.82, 2.24) is 4.98 Å². The molecule has 0 N–H and O–H groups in total. The first-order valence-corrected chi connectivity index (χ1v) is 9.45. The van der Waals surface area contributed by atoms with Gasteiger partial charge in [0.15, 0.2) is 5.13 Å². The highest BCUT2D eigenvalue weighted by Crippen LogP contribution is 2.31. The molecule has 3 aromatic rings. The zero-order valence-corrected chi connectivity index (χ0v) is 15.1. The van der Waals surface area contributed by atoms with E-state index < -0.39 is 0 Å². The summed E-state index contributed by atoms with van der Waals surface area (Å²) in [6.45, 7) is 1.26. The maximum absolute atomic E-state index is 13.1. The summed E-state index contributed by atoms with van der Waals surface area (Å²) < 4.78 is 6.81. The van der Waals surface area contributed by atoms with Crippen LogP contribution in [0, 0.1) is 0 Å². The van der Waals surface area contributed by atoms with Gasteiger partial charge < -0.3 is 4.74 Å². The minimum Gasteiger partial charge on any atom is -0.376 e. The largest absolute Gasteiger partial charge is 0.376 e. The second-order valence-electron chi connectivity index (χ2n) is 6.03. The smallest absolute Gasteiger partial charge is 0.260 e. The van der Waals surface area contributed by atoms with E-state index >= 15 is 0 Å². The summed E-state index contributed by atoms with van der Waals surface area (Å²) in [7, 11) is 0. The topological polar surface area (TPSA) is 42.4 Å². The van der Waals surface area contributed by atoms with E-state index in [1.54, 1.807) is 29.2 Å². The van der Waals surface area contributed by atoms with Crippen LogP contribution in [0.5, 0.6) is 0 Å². The zero-order chi connectivity index (χ0) is 17.2. The molecule has 128 valence electrons. The lowest BCUT2D eigenvalue weighted by Gasteiger charge is -2.23. The van der Waals surface area contributed by atoms with Gasteiger partial charge in [-0.25, -0.2) is 4.98 Å². The lowest BCUT2D eigenvalue weighted by molar-refractivity contribution is 0.0917. The van der Waals surface area contributed by atoms with Crippen LogP contribution in [0.25, 0.3) is 10.2 Å². The van der Waals surface area contributed by atoms with Gasteiger partial charge in [-0.2, -0.15) is 0 Å². The second-order valence-corrected chi connectivity index (χ2v) is 7.47. The Morgan fingerprint density at radius 2 is 2.16 bits per heavy atom. The van der Waals surface area contributed by atoms with Crippen LogP contribution in [0.1, 0.15) is 23.2 Å². The lowest BCUT2D eigenvalue weighted by atomic mass is 10.2. The van der Waals surface area contributed by atoms with Crippen molar-refractivity contribution >= 4 is 44.2 Å². The maximum atomic E-state index is 13.1. The number of nitrogens with zero attached hydrogens (tertiary/aromatic N) is 2. The van der Waals surface area contributed by atoms with E-state index in [1.807, 2.05) is 24.3 Å². The molecular weight excluding hydrogens is 356 g/mol. The van der Waals surface area contributed by atoms with Crippen molar-refractivity contribution in [3.8, 4) is 0 Å². The van der Waals surface area contributed by atoms with E-state index in [4.69, 9.17) is 16.3 Å². The van der Waals surface area contributed by atoms with Gasteiger partial charge in [-0.3, -0.25) is 9.69 Å². The molecule has 2 heterocycles. The Hall–Kier alpha value is -1.95. The molecule has 2 aromatic carbocycles. The Balaban J connectivity index is 1.71. The predicted molar refractivity (Wildman–Crippen MR) is 102 cm³/mol. The van der Waals surface area contributed by atoms with Gasteiger partial charge in [0.2, 0.25) is 0 Å². The lowest BCUT2D eigenvalue weighted by Crippen LogP contribution is -2.37. The summed E-state index contributed by atoms with van der Waals surface area (Å²) in [4.78, 5) is 19.5. The third kappa shape index (κ3) is 3.54. The number of carbonyl (C=O) groups is 1. The minimum absolute atomic E-state index is 0.0511. The van der Waals surface area contributed by atoms with Crippen molar-refractivity contribution in [2.24, 2.45) is 0 Å². The average Bonchev–Trinajstić information content (AvgIpc) is 3.28. The molecule has 25 heavy (non-hydrogen) atoms. The molecule has 4 nitrogen and oxygen atoms in total. The van der Waals surface area contributed by atoms with Gasteiger partial charge in [0, 0.05) is 17.2 Å². The number of fused-ring (bicyclic) bond motifs is 1. The fourth-order valence-corrected chi connectivity index (χ4v) is 4.16. The number of rotatable bonds is 4. The first-order valence-electron chi connectivity index (χ1n) is 8.25. The molecule has 0 spiro atoms. The van der Waals surface area contributed by atoms with Crippen molar-refractivity contribution in [3.05, 3.63) is 59.1 Å². The van der Waals surface area contributed by atoms with Gasteiger partial charge >= 0.3 is 0 Å². The molecule has 4 rings (SSSR count). The Kier molecular flexibility index (Phi) is 4.70. The highest BCUT2D eigenvalue weighted by molar-refractivity contribution is 7.22. The number of hydrogen-bond donors (Lipinski definition) is 0. The van der Waals surface area contributed by atoms with Gasteiger partial charge in [-0.1, -0.05) is 41.1 Å². The average molecular weight is 373 g/mol. The van der Waals surface area contributed by atoms with E-state index in [0.29, 0.717) is 22.3 Å². The monoisotopic (exact) mass is 372 g/mol. The molecule has 1 aromatic heterocycles. The van der Waals surface area contributed by atoms with Crippen molar-refractivity contribution in [1.29, 1.82) is 0 Å². The molecule has 1 saturated heterocycles. The third-order valence-corrected chi connectivity index (χ3v) is 5.53. The SMILES string of the molecule is O=C(c1cccc(Cl)c1)N(CC1CCCO1)c1nc2ccccc2s1. The molecule has 1 fully saturated rings. The summed E-state index contributed by atoms with van der Waals surface area (Å²) in [5.74, 6) is -0.0999. The van der Waals surface area contributed by atoms with Crippen molar-refractivity contribution in [2.45, 2.75) is 18.9 Å². The molecule has 1 unspecified atom stereocenters. The van der Waals surface area contributed by atoms with Gasteiger partial charge in [0.1, 0.15) is 0 Å². The molecule has 1 amide bonds. The van der Waals surface area contributed by atoms with Crippen LogP contribution < -0.4 is 4.90 Å². The quantitative estimate of drug-likeness (QED) is 0.662. The first kappa shape index (κ1) is 16.5. The molecule has 1 aliphatic heterocycles. The molecule has 0 aliphatic carbocycles. The van der Waals surface area contributed by atoms with Crippen molar-refractivity contribution in [3.63, 3.8) is 0 Å². The summed E-state index contributed by atoms with van der Waals surface area (Å²) in [5, 5.41) is 1.24. The van der Waals surface area contributed by atoms with Gasteiger partial charge in [0.05, 0.1) is 22.9 Å². The van der Waals surface area contributed by atoms with E-state index in [0.717, 1.165) is 29.7 Å². The highest BCUT2D eigenvalue weighted by atomic mass is 35.5. The van der Waals surface area contributed by atoms with Gasteiger partial charge in [-0.15, -0.1) is 0 Å². The maximum Gasteiger partial charge on any atom is 0.260 e. The predicted octanol–water partition coefficient (Wildman–Crippen LogP) is 4.78. The highest BCUT2D eigenvalue weighted by Gasteiger charge is 2.27. The number of thiazole rings is 1. The fourth-order valence-electron chi connectivity index (χ4n) is 2.99. The van der Waals surface area contributed by atoms with Crippen LogP contribution in [0.2, 0.25) is 5.02 Å². The minimum atomic E-state index is -0.0999. The van der Waals surface area contributed by atoms with Crippen LogP contribution >= 0.6 is 22.9 Å². The van der Waals surface area contributed by atoms with Crippen molar-refractivity contribution < 1.29 is 9.53 Å². The number of ether oxygens (including phenoxy) is 1. The molecule has 6 heteroatoms. The molecule has 0 radical (unpaired) electrons. The number of benzene rings is 2. The Morgan fingerprint density at radius 1 is 1.28 bits per heavy atom. The van der Waals surface area contributed by atoms with Crippen LogP contribution in [0.3, 0.4) is 0 Å². The molecular formula is C19H17ClN2O2S. The Labute approximate surface area is 155 Å². The van der Waals surface area contributed by atoms with Gasteiger partial charge in [-0.05, 0) is 43.2 Å². The van der Waals surface area contributed by atoms with Crippen LogP contribution in [0.15, 0.2) is 48.5 Å². The van der Waals surface area contributed by atoms with Crippen molar-refractivity contribution in [2.75, 3.05) is 18.1 Å². The summed E-state index contributed by atoms with van der Waals surface area (Å²) in [6.07, 6.45) is 2.05. The van der Waals surface area contributed by atoms with E-state index in [9.17, 15) is 4.79 Å². The molecule has 0 bridgehead atoms. The number of hydrogen-bond acceptors (Lipinski definition) is 4. The fraction of sp³-hybridized carbons (Fsp3) is 0.263. The number of halogens is 1. The number of anilines is 1. The number of aromatic nitrogens is 1. The number of amides is 1. The second kappa shape index (κ2) is 7.12. The van der Waals surface area contributed by atoms with E-state index in [-0.39, 0.29) is 12.0 Å². The van der Waals surface area contributed by atoms with E-state index in [1.165, 1.54) is 11.3 Å². The first-order chi connectivity index (χ1) is 12.2. The molecule has 0 saturated carbocycles. The van der Waals surface area contributed by atoms with Crippen LogP contribution in [0.4, 0.5) is 5.13 Å². The van der Waals surface area contributed by atoms with Crippen LogP contribution in [-0.4, -0.2) is 30.1 Å². The summed E-state index contributed by atoms with van der Waals surface area (Å²) in [5.41, 5.74) is 1.46. The molecule has 1 atom stereocenters. The number of carbonyl (C=O) groups excluding carboxylic acids is 1. The summed E-state index contributed by atoms with van der Waals surface area (Å²) >= 11 is 7.59.